The number of methoxy groups -OCH3 is 1. The molecule has 2 rings (SSSR count). The normalized spacial score (nSPS) is 12.1. The highest BCUT2D eigenvalue weighted by Crippen LogP contribution is 2.26. The minimum Gasteiger partial charge on any atom is -0.504 e. The van der Waals surface area contributed by atoms with Crippen LogP contribution in [0.1, 0.15) is 24.2 Å². The van der Waals surface area contributed by atoms with Crippen molar-refractivity contribution >= 4 is 12.0 Å². The third-order valence-corrected chi connectivity index (χ3v) is 3.18. The Morgan fingerprint density at radius 1 is 1.18 bits per heavy atom. The molecule has 0 unspecified atom stereocenters. The van der Waals surface area contributed by atoms with Gasteiger partial charge in [-0.2, -0.15) is 0 Å². The van der Waals surface area contributed by atoms with Gasteiger partial charge in [-0.1, -0.05) is 36.4 Å². The van der Waals surface area contributed by atoms with Crippen molar-refractivity contribution in [2.45, 2.75) is 13.0 Å². The molecule has 1 N–H and O–H groups in total. The molecule has 1 atom stereocenters. The summed E-state index contributed by atoms with van der Waals surface area (Å²) < 4.78 is 10.3. The molecule has 0 aromatic heterocycles. The van der Waals surface area contributed by atoms with Crippen LogP contribution in [0.3, 0.4) is 0 Å². The summed E-state index contributed by atoms with van der Waals surface area (Å²) in [6.07, 6.45) is 2.65. The maximum absolute atomic E-state index is 11.8. The minimum atomic E-state index is -0.427. The van der Waals surface area contributed by atoms with Gasteiger partial charge < -0.3 is 14.6 Å². The molecule has 2 aromatic rings. The zero-order chi connectivity index (χ0) is 15.9. The molecule has 0 radical (unpaired) electrons. The number of hydrogen-bond donors (Lipinski definition) is 1. The maximum atomic E-state index is 11.8. The van der Waals surface area contributed by atoms with Crippen molar-refractivity contribution in [3.05, 3.63) is 65.7 Å². The van der Waals surface area contributed by atoms with Crippen molar-refractivity contribution in [2.24, 2.45) is 0 Å². The molecule has 0 saturated heterocycles. The van der Waals surface area contributed by atoms with Crippen LogP contribution in [0.15, 0.2) is 54.6 Å². The Kier molecular flexibility index (Phi) is 5.20. The van der Waals surface area contributed by atoms with Crippen LogP contribution in [0, 0.1) is 0 Å². The molecule has 4 nitrogen and oxygen atoms in total. The zero-order valence-corrected chi connectivity index (χ0v) is 12.5. The minimum absolute atomic E-state index is 0.0555. The van der Waals surface area contributed by atoms with Crippen LogP contribution in [-0.4, -0.2) is 18.2 Å². The summed E-state index contributed by atoms with van der Waals surface area (Å²) >= 11 is 0. The molecule has 114 valence electrons. The molecular weight excluding hydrogens is 280 g/mol. The van der Waals surface area contributed by atoms with Gasteiger partial charge in [-0.05, 0) is 36.3 Å². The summed E-state index contributed by atoms with van der Waals surface area (Å²) in [5, 5.41) is 9.52. The lowest BCUT2D eigenvalue weighted by atomic mass is 10.1. The summed E-state index contributed by atoms with van der Waals surface area (Å²) in [5.41, 5.74) is 1.68. The van der Waals surface area contributed by atoms with E-state index in [1.165, 1.54) is 19.3 Å². The first-order valence-electron chi connectivity index (χ1n) is 6.91. The molecule has 0 fully saturated rings. The van der Waals surface area contributed by atoms with Gasteiger partial charge in [0.1, 0.15) is 6.10 Å². The molecule has 0 aliphatic carbocycles. The number of phenols is 1. The molecule has 0 amide bonds. The van der Waals surface area contributed by atoms with Gasteiger partial charge in [0.2, 0.25) is 0 Å². The molecule has 0 spiro atoms. The Labute approximate surface area is 129 Å². The fraction of sp³-hybridized carbons (Fsp3) is 0.167. The average molecular weight is 298 g/mol. The number of ether oxygens (including phenoxy) is 2. The van der Waals surface area contributed by atoms with Crippen LogP contribution >= 0.6 is 0 Å². The molecular formula is C18H18O4. The quantitative estimate of drug-likeness (QED) is 0.675. The highest BCUT2D eigenvalue weighted by Gasteiger charge is 2.09. The van der Waals surface area contributed by atoms with Gasteiger partial charge in [0.15, 0.2) is 11.5 Å². The van der Waals surface area contributed by atoms with Crippen LogP contribution in [0.5, 0.6) is 11.5 Å². The predicted molar refractivity (Wildman–Crippen MR) is 84.6 cm³/mol. The molecule has 0 bridgehead atoms. The number of carbonyl (C=O) groups excluding carboxylic acids is 1. The van der Waals surface area contributed by atoms with E-state index in [9.17, 15) is 9.90 Å². The topological polar surface area (TPSA) is 55.8 Å². The van der Waals surface area contributed by atoms with Crippen molar-refractivity contribution < 1.29 is 19.4 Å². The SMILES string of the molecule is COc1cc(/C=C/C(=O)O[C@H](C)c2ccccc2)ccc1O. The van der Waals surface area contributed by atoms with Crippen LogP contribution in [-0.2, 0) is 9.53 Å². The number of phenolic OH excluding ortho intramolecular Hbond substituents is 1. The highest BCUT2D eigenvalue weighted by atomic mass is 16.5. The third-order valence-electron chi connectivity index (χ3n) is 3.18. The van der Waals surface area contributed by atoms with E-state index in [4.69, 9.17) is 9.47 Å². The van der Waals surface area contributed by atoms with E-state index in [1.807, 2.05) is 37.3 Å². The summed E-state index contributed by atoms with van der Waals surface area (Å²) in [4.78, 5) is 11.8. The van der Waals surface area contributed by atoms with E-state index < -0.39 is 5.97 Å². The van der Waals surface area contributed by atoms with E-state index in [-0.39, 0.29) is 11.9 Å². The van der Waals surface area contributed by atoms with Crippen molar-refractivity contribution in [1.29, 1.82) is 0 Å². The Morgan fingerprint density at radius 2 is 1.91 bits per heavy atom. The van der Waals surface area contributed by atoms with E-state index in [2.05, 4.69) is 0 Å². The number of carbonyl (C=O) groups is 1. The molecule has 22 heavy (non-hydrogen) atoms. The van der Waals surface area contributed by atoms with Crippen molar-refractivity contribution in [1.82, 2.24) is 0 Å². The Bertz CT molecular complexity index is 662. The van der Waals surface area contributed by atoms with Gasteiger partial charge in [-0.15, -0.1) is 0 Å². The predicted octanol–water partition coefficient (Wildman–Crippen LogP) is 3.72. The fourth-order valence-electron chi connectivity index (χ4n) is 1.97. The first-order chi connectivity index (χ1) is 10.6. The lowest BCUT2D eigenvalue weighted by molar-refractivity contribution is -0.142. The smallest absolute Gasteiger partial charge is 0.331 e. The number of hydrogen-bond acceptors (Lipinski definition) is 4. The van der Waals surface area contributed by atoms with E-state index in [0.717, 1.165) is 11.1 Å². The zero-order valence-electron chi connectivity index (χ0n) is 12.5. The molecule has 0 heterocycles. The van der Waals surface area contributed by atoms with Gasteiger partial charge in [0.05, 0.1) is 7.11 Å². The first kappa shape index (κ1) is 15.6. The lowest BCUT2D eigenvalue weighted by Gasteiger charge is -2.11. The second-order valence-electron chi connectivity index (χ2n) is 4.75. The van der Waals surface area contributed by atoms with E-state index in [0.29, 0.717) is 5.75 Å². The van der Waals surface area contributed by atoms with Crippen LogP contribution in [0.25, 0.3) is 6.08 Å². The molecule has 0 saturated carbocycles. The average Bonchev–Trinajstić information content (AvgIpc) is 2.55. The first-order valence-corrected chi connectivity index (χ1v) is 6.91. The number of esters is 1. The van der Waals surface area contributed by atoms with Gasteiger partial charge in [0, 0.05) is 6.08 Å². The van der Waals surface area contributed by atoms with Gasteiger partial charge >= 0.3 is 5.97 Å². The van der Waals surface area contributed by atoms with Crippen LogP contribution in [0.4, 0.5) is 0 Å². The molecule has 0 aliphatic heterocycles. The van der Waals surface area contributed by atoms with E-state index in [1.54, 1.807) is 18.2 Å². The molecule has 4 heteroatoms. The molecule has 2 aromatic carbocycles. The van der Waals surface area contributed by atoms with E-state index >= 15 is 0 Å². The summed E-state index contributed by atoms with van der Waals surface area (Å²) in [6.45, 7) is 1.82. The largest absolute Gasteiger partial charge is 0.504 e. The molecule has 0 aliphatic rings. The monoisotopic (exact) mass is 298 g/mol. The van der Waals surface area contributed by atoms with Gasteiger partial charge in [-0.3, -0.25) is 0 Å². The fourth-order valence-corrected chi connectivity index (χ4v) is 1.97. The Balaban J connectivity index is 1.99. The number of benzene rings is 2. The lowest BCUT2D eigenvalue weighted by Crippen LogP contribution is -2.05. The van der Waals surface area contributed by atoms with Crippen molar-refractivity contribution in [3.8, 4) is 11.5 Å². The number of aromatic hydroxyl groups is 1. The second kappa shape index (κ2) is 7.31. The van der Waals surface area contributed by atoms with Crippen LogP contribution in [0.2, 0.25) is 0 Å². The Hall–Kier alpha value is -2.75. The summed E-state index contributed by atoms with van der Waals surface area (Å²) in [6, 6.07) is 14.4. The maximum Gasteiger partial charge on any atom is 0.331 e. The summed E-state index contributed by atoms with van der Waals surface area (Å²) in [7, 11) is 1.47. The Morgan fingerprint density at radius 3 is 2.59 bits per heavy atom. The van der Waals surface area contributed by atoms with Gasteiger partial charge in [-0.25, -0.2) is 4.79 Å². The second-order valence-corrected chi connectivity index (χ2v) is 4.75. The summed E-state index contributed by atoms with van der Waals surface area (Å²) in [5.74, 6) is -0.0171. The standard InChI is InChI=1S/C18H18O4/c1-13(15-6-4-3-5-7-15)22-18(20)11-9-14-8-10-16(19)17(12-14)21-2/h3-13,19H,1-2H3/b11-9+/t13-/m1/s1. The van der Waals surface area contributed by atoms with Crippen LogP contribution < -0.4 is 4.74 Å². The van der Waals surface area contributed by atoms with Crippen molar-refractivity contribution in [3.63, 3.8) is 0 Å². The highest BCUT2D eigenvalue weighted by molar-refractivity contribution is 5.87. The van der Waals surface area contributed by atoms with Gasteiger partial charge in [0.25, 0.3) is 0 Å². The van der Waals surface area contributed by atoms with Crippen molar-refractivity contribution in [2.75, 3.05) is 7.11 Å². The number of rotatable bonds is 5. The third kappa shape index (κ3) is 4.12.